The van der Waals surface area contributed by atoms with Gasteiger partial charge in [-0.05, 0) is 26.0 Å². The molecule has 124 valence electrons. The van der Waals surface area contributed by atoms with E-state index in [2.05, 4.69) is 40.3 Å². The molecule has 2 N–H and O–H groups in total. The minimum atomic E-state index is -0.211. The Bertz CT molecular complexity index is 553. The van der Waals surface area contributed by atoms with E-state index in [1.165, 1.54) is 0 Å². The molecule has 1 fully saturated rings. The summed E-state index contributed by atoms with van der Waals surface area (Å²) >= 11 is 0. The fraction of sp³-hybridized carbons (Fsp3) is 0.529. The van der Waals surface area contributed by atoms with E-state index in [9.17, 15) is 4.79 Å². The maximum atomic E-state index is 11.7. The van der Waals surface area contributed by atoms with Crippen molar-refractivity contribution in [2.75, 3.05) is 38.2 Å². The normalized spacial score (nSPS) is 19.6. The zero-order chi connectivity index (χ0) is 16.7. The molecule has 1 amide bonds. The predicted molar refractivity (Wildman–Crippen MR) is 90.3 cm³/mol. The Morgan fingerprint density at radius 1 is 1.61 bits per heavy atom. The topological polar surface area (TPSA) is 66.5 Å². The molecule has 2 heterocycles. The smallest absolute Gasteiger partial charge is 0.253 e. The molecule has 0 aliphatic carbocycles. The van der Waals surface area contributed by atoms with Crippen LogP contribution in [0, 0.1) is 12.3 Å². The van der Waals surface area contributed by atoms with Gasteiger partial charge in [0.2, 0.25) is 0 Å². The Balaban J connectivity index is 1.84. The maximum Gasteiger partial charge on any atom is 0.253 e. The van der Waals surface area contributed by atoms with Gasteiger partial charge in [-0.2, -0.15) is 0 Å². The summed E-state index contributed by atoms with van der Waals surface area (Å²) in [4.78, 5) is 18.4. The molecular weight excluding hydrogens is 292 g/mol. The lowest BCUT2D eigenvalue weighted by Crippen LogP contribution is -2.50. The Kier molecular flexibility index (Phi) is 6.39. The number of ether oxygens (including phenoxy) is 1. The van der Waals surface area contributed by atoms with Gasteiger partial charge in [-0.3, -0.25) is 9.69 Å². The van der Waals surface area contributed by atoms with Crippen LogP contribution in [0.5, 0.6) is 0 Å². The number of pyridine rings is 1. The van der Waals surface area contributed by atoms with E-state index in [0.29, 0.717) is 17.6 Å². The number of hydrogen-bond donors (Lipinski definition) is 2. The molecular formula is C17H24N4O2. The van der Waals surface area contributed by atoms with Crippen LogP contribution in [0.3, 0.4) is 0 Å². The molecule has 6 heteroatoms. The van der Waals surface area contributed by atoms with Crippen LogP contribution < -0.4 is 10.6 Å². The van der Waals surface area contributed by atoms with Crippen LogP contribution in [0.4, 0.5) is 5.82 Å². The summed E-state index contributed by atoms with van der Waals surface area (Å²) in [7, 11) is 0. The summed E-state index contributed by atoms with van der Waals surface area (Å²) < 4.78 is 5.46. The Morgan fingerprint density at radius 3 is 3.09 bits per heavy atom. The van der Waals surface area contributed by atoms with E-state index in [4.69, 9.17) is 11.2 Å². The van der Waals surface area contributed by atoms with Gasteiger partial charge in [0.05, 0.1) is 25.3 Å². The lowest BCUT2D eigenvalue weighted by Gasteiger charge is -2.37. The average molecular weight is 316 g/mol. The van der Waals surface area contributed by atoms with Gasteiger partial charge in [-0.1, -0.05) is 5.92 Å². The van der Waals surface area contributed by atoms with Crippen LogP contribution >= 0.6 is 0 Å². The molecule has 1 aliphatic rings. The number of carbonyl (C=O) groups is 1. The molecule has 23 heavy (non-hydrogen) atoms. The van der Waals surface area contributed by atoms with Gasteiger partial charge in [-0.15, -0.1) is 6.42 Å². The first-order chi connectivity index (χ1) is 11.1. The van der Waals surface area contributed by atoms with Gasteiger partial charge < -0.3 is 15.4 Å². The fourth-order valence-corrected chi connectivity index (χ4v) is 2.63. The third-order valence-electron chi connectivity index (χ3n) is 3.94. The van der Waals surface area contributed by atoms with Crippen molar-refractivity contribution in [1.82, 2.24) is 15.2 Å². The second kappa shape index (κ2) is 8.51. The molecule has 1 saturated heterocycles. The highest BCUT2D eigenvalue weighted by atomic mass is 16.5. The van der Waals surface area contributed by atoms with E-state index >= 15 is 0 Å². The lowest BCUT2D eigenvalue weighted by atomic mass is 10.2. The van der Waals surface area contributed by atoms with Crippen molar-refractivity contribution >= 4 is 11.7 Å². The van der Waals surface area contributed by atoms with Crippen molar-refractivity contribution in [3.63, 3.8) is 0 Å². The molecule has 0 saturated carbocycles. The number of aromatic nitrogens is 1. The molecule has 1 aliphatic heterocycles. The molecule has 1 aromatic rings. The second-order valence-electron chi connectivity index (χ2n) is 5.71. The SMILES string of the molecule is C#CCNC(=O)c1ccc(NCC(C)N2CCOCC2C)nc1. The van der Waals surface area contributed by atoms with Crippen LogP contribution in [0.25, 0.3) is 0 Å². The summed E-state index contributed by atoms with van der Waals surface area (Å²) in [5.41, 5.74) is 0.501. The highest BCUT2D eigenvalue weighted by Gasteiger charge is 2.23. The highest BCUT2D eigenvalue weighted by Crippen LogP contribution is 2.12. The second-order valence-corrected chi connectivity index (χ2v) is 5.71. The van der Waals surface area contributed by atoms with Crippen LogP contribution in [-0.4, -0.2) is 60.7 Å². The zero-order valence-corrected chi connectivity index (χ0v) is 13.7. The van der Waals surface area contributed by atoms with Gasteiger partial charge in [0, 0.05) is 31.4 Å². The standard InChI is InChI=1S/C17H24N4O2/c1-4-7-18-17(22)15-5-6-16(20-11-15)19-10-13(2)21-8-9-23-12-14(21)3/h1,5-6,11,13-14H,7-10,12H2,2-3H3,(H,18,22)(H,19,20). The first-order valence-electron chi connectivity index (χ1n) is 7.87. The van der Waals surface area contributed by atoms with E-state index in [1.807, 2.05) is 0 Å². The van der Waals surface area contributed by atoms with Crippen molar-refractivity contribution in [2.45, 2.75) is 25.9 Å². The summed E-state index contributed by atoms with van der Waals surface area (Å²) in [6.07, 6.45) is 6.67. The van der Waals surface area contributed by atoms with E-state index in [1.54, 1.807) is 18.3 Å². The third kappa shape index (κ3) is 4.95. The molecule has 2 unspecified atom stereocenters. The summed E-state index contributed by atoms with van der Waals surface area (Å²) in [6.45, 7) is 7.90. The molecule has 0 bridgehead atoms. The summed E-state index contributed by atoms with van der Waals surface area (Å²) in [5.74, 6) is 2.91. The maximum absolute atomic E-state index is 11.7. The van der Waals surface area contributed by atoms with Crippen LogP contribution in [-0.2, 0) is 4.74 Å². The number of terminal acetylenes is 1. The molecule has 2 atom stereocenters. The number of anilines is 1. The number of hydrogen-bond acceptors (Lipinski definition) is 5. The van der Waals surface area contributed by atoms with Crippen LogP contribution in [0.15, 0.2) is 18.3 Å². The van der Waals surface area contributed by atoms with Gasteiger partial charge in [0.15, 0.2) is 0 Å². The first kappa shape index (κ1) is 17.3. The van der Waals surface area contributed by atoms with E-state index in [0.717, 1.165) is 32.1 Å². The molecule has 6 nitrogen and oxygen atoms in total. The van der Waals surface area contributed by atoms with Gasteiger partial charge in [-0.25, -0.2) is 4.98 Å². The number of morpholine rings is 1. The lowest BCUT2D eigenvalue weighted by molar-refractivity contribution is -0.0159. The number of carbonyl (C=O) groups excluding carboxylic acids is 1. The average Bonchev–Trinajstić information content (AvgIpc) is 2.58. The van der Waals surface area contributed by atoms with Gasteiger partial charge >= 0.3 is 0 Å². The number of amides is 1. The molecule has 0 radical (unpaired) electrons. The molecule has 1 aromatic heterocycles. The minimum Gasteiger partial charge on any atom is -0.379 e. The van der Waals surface area contributed by atoms with Crippen molar-refractivity contribution < 1.29 is 9.53 Å². The van der Waals surface area contributed by atoms with Gasteiger partial charge in [0.25, 0.3) is 5.91 Å². The number of rotatable bonds is 6. The van der Waals surface area contributed by atoms with Crippen LogP contribution in [0.1, 0.15) is 24.2 Å². The zero-order valence-electron chi connectivity index (χ0n) is 13.7. The quantitative estimate of drug-likeness (QED) is 0.766. The largest absolute Gasteiger partial charge is 0.379 e. The Labute approximate surface area is 137 Å². The third-order valence-corrected chi connectivity index (χ3v) is 3.94. The highest BCUT2D eigenvalue weighted by molar-refractivity contribution is 5.94. The number of nitrogens with zero attached hydrogens (tertiary/aromatic N) is 2. The first-order valence-corrected chi connectivity index (χ1v) is 7.87. The Hall–Kier alpha value is -2.10. The van der Waals surface area contributed by atoms with Crippen molar-refractivity contribution in [3.8, 4) is 12.3 Å². The minimum absolute atomic E-state index is 0.211. The van der Waals surface area contributed by atoms with Crippen molar-refractivity contribution in [1.29, 1.82) is 0 Å². The fourth-order valence-electron chi connectivity index (χ4n) is 2.63. The van der Waals surface area contributed by atoms with Crippen molar-refractivity contribution in [3.05, 3.63) is 23.9 Å². The van der Waals surface area contributed by atoms with E-state index in [-0.39, 0.29) is 12.5 Å². The number of nitrogens with one attached hydrogen (secondary N) is 2. The molecule has 2 rings (SSSR count). The van der Waals surface area contributed by atoms with E-state index < -0.39 is 0 Å². The van der Waals surface area contributed by atoms with Gasteiger partial charge in [0.1, 0.15) is 5.82 Å². The predicted octanol–water partition coefficient (Wildman–Crippen LogP) is 0.966. The Morgan fingerprint density at radius 2 is 2.43 bits per heavy atom. The molecule has 0 spiro atoms. The monoisotopic (exact) mass is 316 g/mol. The summed E-state index contributed by atoms with van der Waals surface area (Å²) in [6, 6.07) is 4.36. The van der Waals surface area contributed by atoms with Crippen LogP contribution in [0.2, 0.25) is 0 Å². The molecule has 0 aromatic carbocycles. The van der Waals surface area contributed by atoms with Crippen molar-refractivity contribution in [2.24, 2.45) is 0 Å². The summed E-state index contributed by atoms with van der Waals surface area (Å²) in [5, 5.41) is 5.93.